The van der Waals surface area contributed by atoms with Crippen LogP contribution >= 0.6 is 0 Å². The van der Waals surface area contributed by atoms with Crippen LogP contribution in [0.1, 0.15) is 10.4 Å². The monoisotopic (exact) mass is 288 g/mol. The van der Waals surface area contributed by atoms with E-state index < -0.39 is 10.8 Å². The van der Waals surface area contributed by atoms with Crippen LogP contribution in [0.15, 0.2) is 48.5 Å². The number of hydrogen-bond acceptors (Lipinski definition) is 5. The summed E-state index contributed by atoms with van der Waals surface area (Å²) in [4.78, 5) is 27.4. The van der Waals surface area contributed by atoms with Crippen molar-refractivity contribution in [2.45, 2.75) is 0 Å². The first kappa shape index (κ1) is 14.5. The standard InChI is InChI=1S/C14H12N2O5/c1-21-15(10-6-8-11(9-7-10)16(19)20)14(18)12-4-2-3-5-13(12)17/h2-9,17H,1H3. The number of carbonyl (C=O) groups excluding carboxylic acids is 1. The van der Waals surface area contributed by atoms with Crippen molar-refractivity contribution in [1.82, 2.24) is 0 Å². The number of rotatable bonds is 4. The van der Waals surface area contributed by atoms with Gasteiger partial charge in [0, 0.05) is 12.1 Å². The number of nitrogens with zero attached hydrogens (tertiary/aromatic N) is 2. The van der Waals surface area contributed by atoms with Gasteiger partial charge in [-0.3, -0.25) is 19.7 Å². The van der Waals surface area contributed by atoms with Crippen molar-refractivity contribution < 1.29 is 19.7 Å². The summed E-state index contributed by atoms with van der Waals surface area (Å²) in [6.07, 6.45) is 0. The SMILES string of the molecule is CON(C(=O)c1ccccc1O)c1ccc([N+](=O)[O-])cc1. The molecule has 0 aliphatic carbocycles. The minimum absolute atomic E-state index is 0.0673. The van der Waals surface area contributed by atoms with Gasteiger partial charge in [0.15, 0.2) is 0 Å². The molecule has 0 atom stereocenters. The van der Waals surface area contributed by atoms with Crippen molar-refractivity contribution in [3.63, 3.8) is 0 Å². The summed E-state index contributed by atoms with van der Waals surface area (Å²) in [5.41, 5.74) is 0.291. The normalized spacial score (nSPS) is 10.1. The van der Waals surface area contributed by atoms with Gasteiger partial charge in [0.25, 0.3) is 11.6 Å². The molecule has 2 aromatic carbocycles. The topological polar surface area (TPSA) is 92.9 Å². The number of hydroxylamine groups is 1. The lowest BCUT2D eigenvalue weighted by atomic mass is 10.2. The van der Waals surface area contributed by atoms with Gasteiger partial charge in [0.05, 0.1) is 23.3 Å². The molecule has 0 fully saturated rings. The number of anilines is 1. The third kappa shape index (κ3) is 2.98. The number of non-ortho nitro benzene ring substituents is 1. The summed E-state index contributed by atoms with van der Waals surface area (Å²) in [6, 6.07) is 11.3. The van der Waals surface area contributed by atoms with Gasteiger partial charge >= 0.3 is 0 Å². The Bertz CT molecular complexity index is 669. The Balaban J connectivity index is 2.33. The van der Waals surface area contributed by atoms with Crippen molar-refractivity contribution in [3.8, 4) is 5.75 Å². The van der Waals surface area contributed by atoms with Gasteiger partial charge in [-0.05, 0) is 24.3 Å². The van der Waals surface area contributed by atoms with Crippen molar-refractivity contribution in [2.24, 2.45) is 0 Å². The van der Waals surface area contributed by atoms with Crippen LogP contribution in [0.4, 0.5) is 11.4 Å². The van der Waals surface area contributed by atoms with Gasteiger partial charge in [-0.1, -0.05) is 12.1 Å². The summed E-state index contributed by atoms with van der Waals surface area (Å²) < 4.78 is 0. The summed E-state index contributed by atoms with van der Waals surface area (Å²) in [6.45, 7) is 0. The molecule has 0 aliphatic heterocycles. The minimum Gasteiger partial charge on any atom is -0.507 e. The van der Waals surface area contributed by atoms with Crippen LogP contribution in [0.3, 0.4) is 0 Å². The number of hydrogen-bond donors (Lipinski definition) is 1. The average Bonchev–Trinajstić information content (AvgIpc) is 2.49. The van der Waals surface area contributed by atoms with Crippen LogP contribution in [0.5, 0.6) is 5.75 Å². The Morgan fingerprint density at radius 2 is 1.81 bits per heavy atom. The maximum atomic E-state index is 12.3. The van der Waals surface area contributed by atoms with E-state index in [0.717, 1.165) is 5.06 Å². The van der Waals surface area contributed by atoms with E-state index in [4.69, 9.17) is 4.84 Å². The molecule has 0 aromatic heterocycles. The van der Waals surface area contributed by atoms with Crippen molar-refractivity contribution in [2.75, 3.05) is 12.2 Å². The zero-order valence-electron chi connectivity index (χ0n) is 11.1. The Morgan fingerprint density at radius 3 is 2.33 bits per heavy atom. The van der Waals surface area contributed by atoms with Gasteiger partial charge in [0.2, 0.25) is 0 Å². The van der Waals surface area contributed by atoms with E-state index in [1.807, 2.05) is 0 Å². The predicted octanol–water partition coefficient (Wildman–Crippen LogP) is 2.51. The number of benzene rings is 2. The molecule has 0 saturated heterocycles. The second kappa shape index (κ2) is 6.02. The third-order valence-electron chi connectivity index (χ3n) is 2.80. The van der Waals surface area contributed by atoms with E-state index in [0.29, 0.717) is 5.69 Å². The van der Waals surface area contributed by atoms with E-state index in [1.54, 1.807) is 12.1 Å². The number of carbonyl (C=O) groups is 1. The Morgan fingerprint density at radius 1 is 1.19 bits per heavy atom. The quantitative estimate of drug-likeness (QED) is 0.689. The summed E-state index contributed by atoms with van der Waals surface area (Å²) in [7, 11) is 1.29. The molecule has 2 aromatic rings. The van der Waals surface area contributed by atoms with E-state index in [9.17, 15) is 20.0 Å². The molecule has 1 N–H and O–H groups in total. The second-order valence-corrected chi connectivity index (χ2v) is 4.07. The van der Waals surface area contributed by atoms with E-state index in [2.05, 4.69) is 0 Å². The number of phenolic OH excluding ortho intramolecular Hbond substituents is 1. The molecule has 7 heteroatoms. The van der Waals surface area contributed by atoms with Crippen LogP contribution in [0, 0.1) is 10.1 Å². The first-order valence-corrected chi connectivity index (χ1v) is 5.95. The Labute approximate surface area is 120 Å². The zero-order chi connectivity index (χ0) is 15.4. The summed E-state index contributed by atoms with van der Waals surface area (Å²) >= 11 is 0. The molecular formula is C14H12N2O5. The molecule has 0 aliphatic rings. The molecule has 0 saturated carbocycles. The Hall–Kier alpha value is -2.93. The molecular weight excluding hydrogens is 276 g/mol. The average molecular weight is 288 g/mol. The number of para-hydroxylation sites is 1. The third-order valence-corrected chi connectivity index (χ3v) is 2.80. The maximum Gasteiger partial charge on any atom is 0.285 e. The highest BCUT2D eigenvalue weighted by Gasteiger charge is 2.21. The van der Waals surface area contributed by atoms with Crippen molar-refractivity contribution in [3.05, 3.63) is 64.2 Å². The lowest BCUT2D eigenvalue weighted by Crippen LogP contribution is -2.29. The molecule has 108 valence electrons. The zero-order valence-corrected chi connectivity index (χ0v) is 11.1. The molecule has 0 radical (unpaired) electrons. The first-order chi connectivity index (χ1) is 10.0. The van der Waals surface area contributed by atoms with Gasteiger partial charge in [-0.25, -0.2) is 0 Å². The lowest BCUT2D eigenvalue weighted by Gasteiger charge is -2.19. The number of nitro groups is 1. The number of amides is 1. The van der Waals surface area contributed by atoms with Crippen molar-refractivity contribution in [1.29, 1.82) is 0 Å². The molecule has 1 amide bonds. The summed E-state index contributed by atoms with van der Waals surface area (Å²) in [5, 5.41) is 21.3. The van der Waals surface area contributed by atoms with Crippen LogP contribution < -0.4 is 5.06 Å². The minimum atomic E-state index is -0.579. The predicted molar refractivity (Wildman–Crippen MR) is 75.0 cm³/mol. The largest absolute Gasteiger partial charge is 0.507 e. The molecule has 21 heavy (non-hydrogen) atoms. The fraction of sp³-hybridized carbons (Fsp3) is 0.0714. The molecule has 2 rings (SSSR count). The van der Waals surface area contributed by atoms with Crippen LogP contribution in [-0.4, -0.2) is 23.0 Å². The highest BCUT2D eigenvalue weighted by atomic mass is 16.7. The highest BCUT2D eigenvalue weighted by Crippen LogP contribution is 2.24. The smallest absolute Gasteiger partial charge is 0.285 e. The van der Waals surface area contributed by atoms with Gasteiger partial charge < -0.3 is 5.11 Å². The molecule has 0 unspecified atom stereocenters. The van der Waals surface area contributed by atoms with Crippen LogP contribution in [-0.2, 0) is 4.84 Å². The van der Waals surface area contributed by atoms with Gasteiger partial charge in [0.1, 0.15) is 5.75 Å². The van der Waals surface area contributed by atoms with Crippen LogP contribution in [0.25, 0.3) is 0 Å². The lowest BCUT2D eigenvalue weighted by molar-refractivity contribution is -0.384. The molecule has 0 bridgehead atoms. The summed E-state index contributed by atoms with van der Waals surface area (Å²) in [5.74, 6) is -0.754. The molecule has 0 heterocycles. The fourth-order valence-corrected chi connectivity index (χ4v) is 1.78. The van der Waals surface area contributed by atoms with Crippen molar-refractivity contribution >= 4 is 17.3 Å². The van der Waals surface area contributed by atoms with E-state index in [1.165, 1.54) is 43.5 Å². The molecule has 7 nitrogen and oxygen atoms in total. The fourth-order valence-electron chi connectivity index (χ4n) is 1.78. The Kier molecular flexibility index (Phi) is 4.15. The number of nitro benzene ring substituents is 1. The van der Waals surface area contributed by atoms with E-state index in [-0.39, 0.29) is 17.0 Å². The maximum absolute atomic E-state index is 12.3. The van der Waals surface area contributed by atoms with E-state index >= 15 is 0 Å². The highest BCUT2D eigenvalue weighted by molar-refractivity contribution is 6.06. The van der Waals surface area contributed by atoms with Gasteiger partial charge in [-0.15, -0.1) is 0 Å². The first-order valence-electron chi connectivity index (χ1n) is 5.95. The van der Waals surface area contributed by atoms with Gasteiger partial charge in [-0.2, -0.15) is 5.06 Å². The van der Waals surface area contributed by atoms with Crippen LogP contribution in [0.2, 0.25) is 0 Å². The number of phenols is 1. The number of aromatic hydroxyl groups is 1. The molecule has 0 spiro atoms. The second-order valence-electron chi connectivity index (χ2n) is 4.07.